The number of carbonyl (C=O) groups is 1. The average molecular weight is 220 g/mol. The third kappa shape index (κ3) is 1.79. The number of rotatable bonds is 2. The molecule has 0 aliphatic heterocycles. The molecule has 0 aliphatic carbocycles. The lowest BCUT2D eigenvalue weighted by atomic mass is 10.2. The molecule has 6 heteroatoms. The smallest absolute Gasteiger partial charge is 0.268 e. The highest BCUT2D eigenvalue weighted by Crippen LogP contribution is 2.30. The van der Waals surface area contributed by atoms with Gasteiger partial charge in [-0.25, -0.2) is 4.98 Å². The first-order valence-electron chi connectivity index (χ1n) is 4.15. The van der Waals surface area contributed by atoms with Gasteiger partial charge in [0, 0.05) is 12.4 Å². The molecule has 0 aromatic carbocycles. The maximum Gasteiger partial charge on any atom is 0.268 e. The van der Waals surface area contributed by atoms with Gasteiger partial charge in [0.15, 0.2) is 5.13 Å². The van der Waals surface area contributed by atoms with Gasteiger partial charge in [-0.2, -0.15) is 0 Å². The van der Waals surface area contributed by atoms with Crippen molar-refractivity contribution in [1.29, 1.82) is 0 Å². The second-order valence-corrected chi connectivity index (χ2v) is 3.86. The van der Waals surface area contributed by atoms with E-state index in [0.717, 1.165) is 5.56 Å². The van der Waals surface area contributed by atoms with Gasteiger partial charge in [-0.3, -0.25) is 9.78 Å². The van der Waals surface area contributed by atoms with Crippen LogP contribution >= 0.6 is 11.3 Å². The number of nitrogens with two attached hydrogens (primary N) is 2. The lowest BCUT2D eigenvalue weighted by molar-refractivity contribution is 0.0997. The number of hydrogen-bond acceptors (Lipinski definition) is 5. The molecular weight excluding hydrogens is 212 g/mol. The van der Waals surface area contributed by atoms with Crippen molar-refractivity contribution in [2.24, 2.45) is 5.73 Å². The average Bonchev–Trinajstić information content (AvgIpc) is 2.62. The number of thiazole rings is 1. The number of nitrogens with zero attached hydrogens (tertiary/aromatic N) is 2. The summed E-state index contributed by atoms with van der Waals surface area (Å²) in [5.41, 5.74) is 11.8. The Morgan fingerprint density at radius 3 is 2.60 bits per heavy atom. The highest BCUT2D eigenvalue weighted by Gasteiger charge is 2.15. The van der Waals surface area contributed by atoms with Crippen LogP contribution in [0, 0.1) is 0 Å². The Bertz CT molecular complexity index is 494. The molecular formula is C9H8N4OS. The van der Waals surface area contributed by atoms with Crippen LogP contribution in [0.4, 0.5) is 5.13 Å². The summed E-state index contributed by atoms with van der Waals surface area (Å²) < 4.78 is 0. The number of hydrogen-bond donors (Lipinski definition) is 2. The van der Waals surface area contributed by atoms with Crippen molar-refractivity contribution >= 4 is 22.4 Å². The minimum absolute atomic E-state index is 0.212. The van der Waals surface area contributed by atoms with E-state index in [0.29, 0.717) is 10.0 Å². The first-order valence-corrected chi connectivity index (χ1v) is 4.96. The SMILES string of the molecule is NC(=O)c1nc(N)sc1-c1ccncc1. The number of pyridine rings is 1. The Morgan fingerprint density at radius 2 is 2.00 bits per heavy atom. The molecule has 0 atom stereocenters. The molecule has 0 unspecified atom stereocenters. The number of amides is 1. The summed E-state index contributed by atoms with van der Waals surface area (Å²) >= 11 is 1.23. The molecule has 0 aliphatic rings. The van der Waals surface area contributed by atoms with Crippen LogP contribution in [0.25, 0.3) is 10.4 Å². The predicted molar refractivity (Wildman–Crippen MR) is 58.3 cm³/mol. The van der Waals surface area contributed by atoms with Gasteiger partial charge in [0.25, 0.3) is 5.91 Å². The largest absolute Gasteiger partial charge is 0.375 e. The third-order valence-corrected chi connectivity index (χ3v) is 2.75. The van der Waals surface area contributed by atoms with E-state index in [1.54, 1.807) is 24.5 Å². The lowest BCUT2D eigenvalue weighted by Crippen LogP contribution is -2.12. The summed E-state index contributed by atoms with van der Waals surface area (Å²) in [6.07, 6.45) is 3.27. The molecule has 76 valence electrons. The molecule has 2 heterocycles. The van der Waals surface area contributed by atoms with E-state index in [2.05, 4.69) is 9.97 Å². The van der Waals surface area contributed by atoms with Crippen molar-refractivity contribution in [3.63, 3.8) is 0 Å². The lowest BCUT2D eigenvalue weighted by Gasteiger charge is -1.97. The summed E-state index contributed by atoms with van der Waals surface area (Å²) in [6.45, 7) is 0. The molecule has 4 N–H and O–H groups in total. The van der Waals surface area contributed by atoms with Crippen LogP contribution in [-0.2, 0) is 0 Å². The Labute approximate surface area is 89.8 Å². The fraction of sp³-hybridized carbons (Fsp3) is 0. The van der Waals surface area contributed by atoms with Crippen LogP contribution in [0.3, 0.4) is 0 Å². The van der Waals surface area contributed by atoms with Gasteiger partial charge in [-0.05, 0) is 17.7 Å². The second kappa shape index (κ2) is 3.66. The van der Waals surface area contributed by atoms with Crippen molar-refractivity contribution in [3.8, 4) is 10.4 Å². The van der Waals surface area contributed by atoms with Gasteiger partial charge in [0.1, 0.15) is 5.69 Å². The highest BCUT2D eigenvalue weighted by molar-refractivity contribution is 7.19. The first-order chi connectivity index (χ1) is 7.18. The molecule has 2 aromatic rings. The maximum atomic E-state index is 11.1. The van der Waals surface area contributed by atoms with Crippen LogP contribution in [-0.4, -0.2) is 15.9 Å². The Balaban J connectivity index is 2.58. The van der Waals surface area contributed by atoms with Gasteiger partial charge in [0.05, 0.1) is 4.88 Å². The van der Waals surface area contributed by atoms with Crippen LogP contribution < -0.4 is 11.5 Å². The summed E-state index contributed by atoms with van der Waals surface area (Å²) in [6, 6.07) is 3.55. The van der Waals surface area contributed by atoms with Crippen molar-refractivity contribution in [2.45, 2.75) is 0 Å². The maximum absolute atomic E-state index is 11.1. The highest BCUT2D eigenvalue weighted by atomic mass is 32.1. The zero-order chi connectivity index (χ0) is 10.8. The van der Waals surface area contributed by atoms with E-state index in [1.807, 2.05) is 0 Å². The summed E-state index contributed by atoms with van der Waals surface area (Å²) in [5.74, 6) is -0.574. The minimum atomic E-state index is -0.574. The van der Waals surface area contributed by atoms with E-state index in [4.69, 9.17) is 11.5 Å². The van der Waals surface area contributed by atoms with Crippen molar-refractivity contribution in [3.05, 3.63) is 30.2 Å². The Kier molecular flexibility index (Phi) is 2.34. The van der Waals surface area contributed by atoms with E-state index in [9.17, 15) is 4.79 Å². The Hall–Kier alpha value is -1.95. The molecule has 0 spiro atoms. The van der Waals surface area contributed by atoms with Crippen molar-refractivity contribution in [1.82, 2.24) is 9.97 Å². The van der Waals surface area contributed by atoms with E-state index >= 15 is 0 Å². The van der Waals surface area contributed by atoms with Gasteiger partial charge in [-0.15, -0.1) is 0 Å². The molecule has 0 fully saturated rings. The third-order valence-electron chi connectivity index (χ3n) is 1.82. The van der Waals surface area contributed by atoms with Crippen LogP contribution in [0.15, 0.2) is 24.5 Å². The second-order valence-electron chi connectivity index (χ2n) is 2.83. The van der Waals surface area contributed by atoms with Crippen LogP contribution in [0.2, 0.25) is 0 Å². The van der Waals surface area contributed by atoms with E-state index < -0.39 is 5.91 Å². The summed E-state index contributed by atoms with van der Waals surface area (Å²) in [7, 11) is 0. The zero-order valence-corrected chi connectivity index (χ0v) is 8.49. The van der Waals surface area contributed by atoms with Gasteiger partial charge < -0.3 is 11.5 Å². The molecule has 0 saturated heterocycles. The van der Waals surface area contributed by atoms with Crippen molar-refractivity contribution < 1.29 is 4.79 Å². The molecule has 2 aromatic heterocycles. The van der Waals surface area contributed by atoms with Crippen molar-refractivity contribution in [2.75, 3.05) is 5.73 Å². The van der Waals surface area contributed by atoms with Gasteiger partial charge in [0.2, 0.25) is 0 Å². The number of nitrogen functional groups attached to an aromatic ring is 1. The monoisotopic (exact) mass is 220 g/mol. The number of primary amides is 1. The molecule has 0 bridgehead atoms. The molecule has 5 nitrogen and oxygen atoms in total. The number of aromatic nitrogens is 2. The number of carbonyl (C=O) groups excluding carboxylic acids is 1. The fourth-order valence-corrected chi connectivity index (χ4v) is 2.05. The quantitative estimate of drug-likeness (QED) is 0.785. The normalized spacial score (nSPS) is 10.1. The molecule has 0 radical (unpaired) electrons. The standard InChI is InChI=1S/C9H8N4OS/c10-8(14)6-7(15-9(11)13-6)5-1-3-12-4-2-5/h1-4H,(H2,10,14)(H2,11,13). The van der Waals surface area contributed by atoms with Gasteiger partial charge >= 0.3 is 0 Å². The fourth-order valence-electron chi connectivity index (χ4n) is 1.20. The minimum Gasteiger partial charge on any atom is -0.375 e. The topological polar surface area (TPSA) is 94.9 Å². The zero-order valence-electron chi connectivity index (χ0n) is 7.68. The molecule has 2 rings (SSSR count). The number of anilines is 1. The molecule has 15 heavy (non-hydrogen) atoms. The first kappa shape index (κ1) is 9.60. The van der Waals surface area contributed by atoms with E-state index in [-0.39, 0.29) is 5.69 Å². The molecule has 1 amide bonds. The van der Waals surface area contributed by atoms with E-state index in [1.165, 1.54) is 11.3 Å². The summed E-state index contributed by atoms with van der Waals surface area (Å²) in [5, 5.41) is 0.329. The molecule has 0 saturated carbocycles. The van der Waals surface area contributed by atoms with Crippen LogP contribution in [0.1, 0.15) is 10.5 Å². The summed E-state index contributed by atoms with van der Waals surface area (Å²) in [4.78, 5) is 19.6. The van der Waals surface area contributed by atoms with Crippen LogP contribution in [0.5, 0.6) is 0 Å². The predicted octanol–water partition coefficient (Wildman–Crippen LogP) is 0.886. The Morgan fingerprint density at radius 1 is 1.33 bits per heavy atom. The van der Waals surface area contributed by atoms with Gasteiger partial charge in [-0.1, -0.05) is 11.3 Å².